The number of nitrogens with two attached hydrogens (primary N) is 1. The molecule has 4 N–H and O–H groups in total. The quantitative estimate of drug-likeness (QED) is 0.449. The van der Waals surface area contributed by atoms with E-state index in [4.69, 9.17) is 9.88 Å². The Morgan fingerprint density at radius 3 is 2.70 bits per heavy atom. The third kappa shape index (κ3) is 3.96. The summed E-state index contributed by atoms with van der Waals surface area (Å²) in [6, 6.07) is 7.16. The zero-order chi connectivity index (χ0) is 19.6. The number of ether oxygens (including phenoxy) is 1. The van der Waals surface area contributed by atoms with Crippen molar-refractivity contribution < 1.29 is 23.1 Å². The van der Waals surface area contributed by atoms with Gasteiger partial charge in [0.25, 0.3) is 0 Å². The maximum absolute atomic E-state index is 11.9. The maximum atomic E-state index is 11.9. The number of carbonyl (C=O) groups is 1. The first-order valence-corrected chi connectivity index (χ1v) is 9.39. The van der Waals surface area contributed by atoms with E-state index >= 15 is 0 Å². The lowest BCUT2D eigenvalue weighted by Crippen LogP contribution is -2.11. The molecule has 0 unspecified atom stereocenters. The summed E-state index contributed by atoms with van der Waals surface area (Å²) in [7, 11) is -3.78. The predicted octanol–water partition coefficient (Wildman–Crippen LogP) is 1.84. The van der Waals surface area contributed by atoms with E-state index < -0.39 is 16.0 Å². The van der Waals surface area contributed by atoms with Crippen molar-refractivity contribution in [3.8, 4) is 5.88 Å². The Balaban J connectivity index is 1.96. The van der Waals surface area contributed by atoms with Gasteiger partial charge in [-0.25, -0.2) is 23.3 Å². The second kappa shape index (κ2) is 7.17. The van der Waals surface area contributed by atoms with Crippen LogP contribution in [0.15, 0.2) is 46.4 Å². The van der Waals surface area contributed by atoms with Gasteiger partial charge in [0.05, 0.1) is 28.3 Å². The van der Waals surface area contributed by atoms with Crippen LogP contribution < -0.4 is 5.14 Å². The summed E-state index contributed by atoms with van der Waals surface area (Å²) in [4.78, 5) is 22.8. The van der Waals surface area contributed by atoms with Crippen LogP contribution in [0.2, 0.25) is 0 Å². The highest BCUT2D eigenvalue weighted by atomic mass is 32.2. The minimum absolute atomic E-state index is 0.0281. The smallest absolute Gasteiger partial charge is 0.339 e. The fourth-order valence-corrected chi connectivity index (χ4v) is 2.91. The lowest BCUT2D eigenvalue weighted by molar-refractivity contribution is 0.0526. The molecule has 3 rings (SSSR count). The molecule has 0 aliphatic carbocycles. The van der Waals surface area contributed by atoms with E-state index in [2.05, 4.69) is 15.0 Å². The zero-order valence-corrected chi connectivity index (χ0v) is 15.0. The van der Waals surface area contributed by atoms with Gasteiger partial charge in [0.1, 0.15) is 5.65 Å². The number of primary sulfonamides is 1. The second-order valence-electron chi connectivity index (χ2n) is 5.53. The highest BCUT2D eigenvalue weighted by Crippen LogP contribution is 2.26. The Labute approximate surface area is 154 Å². The van der Waals surface area contributed by atoms with Crippen LogP contribution in [0.25, 0.3) is 11.0 Å². The van der Waals surface area contributed by atoms with Gasteiger partial charge < -0.3 is 14.8 Å². The number of nitrogens with zero attached hydrogens (tertiary/aromatic N) is 2. The average molecular weight is 388 g/mol. The molecule has 0 aliphatic heterocycles. The van der Waals surface area contributed by atoms with Crippen LogP contribution in [0.3, 0.4) is 0 Å². The van der Waals surface area contributed by atoms with Gasteiger partial charge in [-0.2, -0.15) is 0 Å². The van der Waals surface area contributed by atoms with E-state index in [1.165, 1.54) is 36.7 Å². The number of benzene rings is 1. The number of hydrogen-bond donors (Lipinski definition) is 3. The zero-order valence-electron chi connectivity index (χ0n) is 14.2. The van der Waals surface area contributed by atoms with Gasteiger partial charge in [0, 0.05) is 17.8 Å². The predicted molar refractivity (Wildman–Crippen MR) is 98.8 cm³/mol. The van der Waals surface area contributed by atoms with Crippen LogP contribution in [-0.2, 0) is 14.8 Å². The second-order valence-corrected chi connectivity index (χ2v) is 7.09. The molecule has 9 nitrogen and oxygen atoms in total. The molecule has 3 aromatic rings. The maximum Gasteiger partial charge on any atom is 0.339 e. The van der Waals surface area contributed by atoms with Crippen LogP contribution in [0.5, 0.6) is 5.88 Å². The Morgan fingerprint density at radius 2 is 2.07 bits per heavy atom. The molecule has 2 aromatic heterocycles. The summed E-state index contributed by atoms with van der Waals surface area (Å²) in [5, 5.41) is 15.6. The van der Waals surface area contributed by atoms with Gasteiger partial charge in [-0.05, 0) is 37.3 Å². The fourth-order valence-electron chi connectivity index (χ4n) is 2.39. The number of carbonyl (C=O) groups excluding carboxylic acids is 1. The van der Waals surface area contributed by atoms with Crippen LogP contribution in [0, 0.1) is 0 Å². The first-order chi connectivity index (χ1) is 12.8. The number of esters is 1. The molecule has 0 bridgehead atoms. The number of aliphatic imine (C=N–C) groups is 1. The molecular weight excluding hydrogens is 372 g/mol. The first kappa shape index (κ1) is 18.5. The van der Waals surface area contributed by atoms with Crippen molar-refractivity contribution in [3.63, 3.8) is 0 Å². The molecule has 2 heterocycles. The van der Waals surface area contributed by atoms with E-state index in [9.17, 15) is 18.3 Å². The topological polar surface area (TPSA) is 148 Å². The lowest BCUT2D eigenvalue weighted by Gasteiger charge is -2.01. The lowest BCUT2D eigenvalue weighted by atomic mass is 10.2. The summed E-state index contributed by atoms with van der Waals surface area (Å²) in [6.45, 7) is 1.93. The Bertz CT molecular complexity index is 1130. The molecule has 0 saturated heterocycles. The van der Waals surface area contributed by atoms with Gasteiger partial charge in [0.2, 0.25) is 10.0 Å². The number of aromatic hydroxyl groups is 1. The Kier molecular flexibility index (Phi) is 4.93. The first-order valence-electron chi connectivity index (χ1n) is 7.84. The van der Waals surface area contributed by atoms with E-state index in [0.717, 1.165) is 0 Å². The minimum atomic E-state index is -3.78. The highest BCUT2D eigenvalue weighted by Gasteiger charge is 2.14. The van der Waals surface area contributed by atoms with Gasteiger partial charge in [0.15, 0.2) is 5.88 Å². The summed E-state index contributed by atoms with van der Waals surface area (Å²) < 4.78 is 27.5. The van der Waals surface area contributed by atoms with E-state index in [1.54, 1.807) is 13.0 Å². The number of pyridine rings is 1. The largest absolute Gasteiger partial charge is 0.494 e. The molecule has 1 aromatic carbocycles. The third-order valence-electron chi connectivity index (χ3n) is 3.69. The van der Waals surface area contributed by atoms with Crippen molar-refractivity contribution in [2.45, 2.75) is 11.8 Å². The average Bonchev–Trinajstić information content (AvgIpc) is 2.94. The molecular formula is C17H16N4O5S. The number of rotatable bonds is 5. The number of nitrogens with one attached hydrogen (secondary N) is 1. The van der Waals surface area contributed by atoms with Crippen molar-refractivity contribution in [1.29, 1.82) is 0 Å². The van der Waals surface area contributed by atoms with Crippen molar-refractivity contribution in [1.82, 2.24) is 9.97 Å². The monoisotopic (exact) mass is 388 g/mol. The van der Waals surface area contributed by atoms with Crippen LogP contribution in [0.1, 0.15) is 22.8 Å². The van der Waals surface area contributed by atoms with Crippen molar-refractivity contribution in [2.75, 3.05) is 6.61 Å². The third-order valence-corrected chi connectivity index (χ3v) is 4.62. The van der Waals surface area contributed by atoms with Crippen LogP contribution >= 0.6 is 0 Å². The number of H-pyrrole nitrogens is 1. The van der Waals surface area contributed by atoms with Crippen molar-refractivity contribution in [3.05, 3.63) is 47.7 Å². The van der Waals surface area contributed by atoms with E-state index in [-0.39, 0.29) is 22.9 Å². The molecule has 0 saturated carbocycles. The van der Waals surface area contributed by atoms with Gasteiger partial charge in [-0.1, -0.05) is 0 Å². The molecule has 0 atom stereocenters. The number of sulfonamides is 1. The molecule has 0 spiro atoms. The van der Waals surface area contributed by atoms with Crippen molar-refractivity contribution in [2.24, 2.45) is 10.1 Å². The van der Waals surface area contributed by atoms with Crippen LogP contribution in [0.4, 0.5) is 5.69 Å². The highest BCUT2D eigenvalue weighted by molar-refractivity contribution is 7.89. The molecule has 0 fully saturated rings. The Morgan fingerprint density at radius 1 is 1.37 bits per heavy atom. The molecule has 27 heavy (non-hydrogen) atoms. The SMILES string of the molecule is CCOC(=O)c1cnc2[nH]c(O)c(C=Nc3ccc(S(N)(=O)=O)cc3)c2c1. The molecule has 0 amide bonds. The fraction of sp³-hybridized carbons (Fsp3) is 0.118. The minimum Gasteiger partial charge on any atom is -0.494 e. The molecule has 140 valence electrons. The Hall–Kier alpha value is -3.24. The number of aromatic amines is 1. The van der Waals surface area contributed by atoms with Crippen molar-refractivity contribution >= 4 is 38.9 Å². The summed E-state index contributed by atoms with van der Waals surface area (Å²) in [5.41, 5.74) is 1.41. The summed E-state index contributed by atoms with van der Waals surface area (Å²) in [5.74, 6) is -0.683. The number of aromatic nitrogens is 2. The van der Waals surface area contributed by atoms with Gasteiger partial charge >= 0.3 is 5.97 Å². The number of hydrogen-bond acceptors (Lipinski definition) is 7. The van der Waals surface area contributed by atoms with Gasteiger partial charge in [-0.3, -0.25) is 4.99 Å². The molecule has 10 heteroatoms. The normalized spacial score (nSPS) is 11.9. The van der Waals surface area contributed by atoms with E-state index in [0.29, 0.717) is 22.3 Å². The van der Waals surface area contributed by atoms with Crippen LogP contribution in [-0.4, -0.2) is 42.3 Å². The summed E-state index contributed by atoms with van der Waals surface area (Å²) >= 11 is 0. The van der Waals surface area contributed by atoms with Gasteiger partial charge in [-0.15, -0.1) is 0 Å². The summed E-state index contributed by atoms with van der Waals surface area (Å²) in [6.07, 6.45) is 2.74. The number of fused-ring (bicyclic) bond motifs is 1. The van der Waals surface area contributed by atoms with E-state index in [1.807, 2.05) is 0 Å². The standard InChI is InChI=1S/C17H16N4O5S/c1-2-26-17(23)10-7-13-14(16(22)21-15(13)20-8-10)9-19-11-3-5-12(6-4-11)27(18,24)25/h3-9,22H,2H2,1H3,(H,20,21)(H2,18,24,25). The molecule has 0 radical (unpaired) electrons. The molecule has 0 aliphatic rings.